The summed E-state index contributed by atoms with van der Waals surface area (Å²) in [6.45, 7) is 5.07. The van der Waals surface area contributed by atoms with Gasteiger partial charge in [0, 0.05) is 44.5 Å². The fourth-order valence-electron chi connectivity index (χ4n) is 8.51. The van der Waals surface area contributed by atoms with Gasteiger partial charge in [0.05, 0.1) is 27.4 Å². The second kappa shape index (κ2) is 11.2. The fourth-order valence-corrected chi connectivity index (χ4v) is 8.51. The molecule has 0 bridgehead atoms. The standard InChI is InChI=1S/C46H34O5/c1-5-49-39-23-37(35-21-27(47-3)19-33-29-15-7-11-25-13-9-17-31(41(25)29)45(39)43(33)35)51-38-24-40(50-6-2)46-32-18-10-14-26-12-8-16-30(42(26)32)34-20-28(48-4)22-36(38)44(34)46/h7-24H,5-6H2,1-4H3. The smallest absolute Gasteiger partial charge is 0.139 e. The summed E-state index contributed by atoms with van der Waals surface area (Å²) in [7, 11) is 3.43. The summed E-state index contributed by atoms with van der Waals surface area (Å²) in [6, 6.07) is 38.5. The first-order chi connectivity index (χ1) is 25.1. The van der Waals surface area contributed by atoms with Crippen molar-refractivity contribution in [1.82, 2.24) is 0 Å². The molecular formula is C46H34O5. The summed E-state index contributed by atoms with van der Waals surface area (Å²) in [5.74, 6) is 4.41. The number of benzene rings is 10. The van der Waals surface area contributed by atoms with Crippen LogP contribution in [-0.2, 0) is 0 Å². The maximum absolute atomic E-state index is 7.19. The minimum Gasteiger partial charge on any atom is -0.497 e. The molecule has 0 radical (unpaired) electrons. The van der Waals surface area contributed by atoms with E-state index >= 15 is 0 Å². The van der Waals surface area contributed by atoms with Crippen LogP contribution in [0.4, 0.5) is 0 Å². The highest BCUT2D eigenvalue weighted by Gasteiger charge is 2.24. The predicted octanol–water partition coefficient (Wildman–Crippen LogP) is 12.4. The molecule has 0 amide bonds. The lowest BCUT2D eigenvalue weighted by molar-refractivity contribution is 0.341. The van der Waals surface area contributed by atoms with E-state index < -0.39 is 0 Å². The van der Waals surface area contributed by atoms with Crippen molar-refractivity contribution < 1.29 is 23.7 Å². The van der Waals surface area contributed by atoms with E-state index in [1.54, 1.807) is 14.2 Å². The average Bonchev–Trinajstić information content (AvgIpc) is 3.16. The van der Waals surface area contributed by atoms with Crippen LogP contribution >= 0.6 is 0 Å². The van der Waals surface area contributed by atoms with Gasteiger partial charge < -0.3 is 23.7 Å². The molecule has 0 aromatic heterocycles. The molecule has 5 nitrogen and oxygen atoms in total. The zero-order chi connectivity index (χ0) is 34.4. The Morgan fingerprint density at radius 1 is 0.373 bits per heavy atom. The van der Waals surface area contributed by atoms with Gasteiger partial charge >= 0.3 is 0 Å². The molecule has 0 aliphatic carbocycles. The molecule has 0 heterocycles. The van der Waals surface area contributed by atoms with E-state index in [0.717, 1.165) is 87.6 Å². The van der Waals surface area contributed by atoms with Crippen LogP contribution in [0.2, 0.25) is 0 Å². The van der Waals surface area contributed by atoms with Crippen molar-refractivity contribution in [2.45, 2.75) is 13.8 Å². The summed E-state index contributed by atoms with van der Waals surface area (Å²) in [6.07, 6.45) is 0. The molecule has 10 rings (SSSR count). The Morgan fingerprint density at radius 2 is 0.765 bits per heavy atom. The molecule has 0 atom stereocenters. The van der Waals surface area contributed by atoms with Crippen LogP contribution in [0.15, 0.2) is 109 Å². The van der Waals surface area contributed by atoms with Crippen molar-refractivity contribution >= 4 is 86.2 Å². The van der Waals surface area contributed by atoms with Gasteiger partial charge in [0.25, 0.3) is 0 Å². The molecule has 0 N–H and O–H groups in total. The van der Waals surface area contributed by atoms with Crippen LogP contribution < -0.4 is 23.7 Å². The highest BCUT2D eigenvalue weighted by molar-refractivity contribution is 6.36. The maximum atomic E-state index is 7.19. The predicted molar refractivity (Wildman–Crippen MR) is 211 cm³/mol. The summed E-state index contributed by atoms with van der Waals surface area (Å²) in [5.41, 5.74) is 0. The van der Waals surface area contributed by atoms with Crippen LogP contribution in [-0.4, -0.2) is 27.4 Å². The first-order valence-corrected chi connectivity index (χ1v) is 17.5. The lowest BCUT2D eigenvalue weighted by Crippen LogP contribution is -1.99. The Labute approximate surface area is 294 Å². The molecule has 0 unspecified atom stereocenters. The van der Waals surface area contributed by atoms with E-state index in [2.05, 4.69) is 97.1 Å². The maximum Gasteiger partial charge on any atom is 0.139 e. The van der Waals surface area contributed by atoms with Gasteiger partial charge in [-0.3, -0.25) is 0 Å². The van der Waals surface area contributed by atoms with Crippen LogP contribution in [0.1, 0.15) is 13.8 Å². The minimum atomic E-state index is 0.513. The first-order valence-electron chi connectivity index (χ1n) is 17.5. The molecular weight excluding hydrogens is 633 g/mol. The third kappa shape index (κ3) is 4.15. The molecule has 0 saturated heterocycles. The van der Waals surface area contributed by atoms with Crippen LogP contribution in [0, 0.1) is 0 Å². The van der Waals surface area contributed by atoms with Gasteiger partial charge in [-0.2, -0.15) is 0 Å². The van der Waals surface area contributed by atoms with E-state index in [9.17, 15) is 0 Å². The van der Waals surface area contributed by atoms with Crippen molar-refractivity contribution in [3.63, 3.8) is 0 Å². The number of fused-ring (bicyclic) bond motifs is 4. The van der Waals surface area contributed by atoms with E-state index in [4.69, 9.17) is 23.7 Å². The first kappa shape index (κ1) is 29.7. The molecule has 51 heavy (non-hydrogen) atoms. The minimum absolute atomic E-state index is 0.513. The van der Waals surface area contributed by atoms with Crippen molar-refractivity contribution in [2.24, 2.45) is 0 Å². The number of hydrogen-bond donors (Lipinski definition) is 0. The Bertz CT molecular complexity index is 2780. The lowest BCUT2D eigenvalue weighted by Gasteiger charge is -2.22. The van der Waals surface area contributed by atoms with Gasteiger partial charge in [0.1, 0.15) is 34.5 Å². The zero-order valence-electron chi connectivity index (χ0n) is 28.8. The Hall–Kier alpha value is -6.20. The lowest BCUT2D eigenvalue weighted by atomic mass is 9.88. The molecule has 0 aliphatic rings. The Morgan fingerprint density at radius 3 is 1.16 bits per heavy atom. The molecule has 5 heteroatoms. The van der Waals surface area contributed by atoms with Gasteiger partial charge in [0.2, 0.25) is 0 Å². The van der Waals surface area contributed by atoms with Gasteiger partial charge in [-0.1, -0.05) is 72.8 Å². The molecule has 0 aliphatic heterocycles. The summed E-state index contributed by atoms with van der Waals surface area (Å²) < 4.78 is 32.0. The number of methoxy groups -OCH3 is 2. The van der Waals surface area contributed by atoms with Crippen molar-refractivity contribution in [2.75, 3.05) is 27.4 Å². The van der Waals surface area contributed by atoms with Crippen LogP contribution in [0.5, 0.6) is 34.5 Å². The summed E-state index contributed by atoms with van der Waals surface area (Å²) in [4.78, 5) is 0. The van der Waals surface area contributed by atoms with E-state index in [1.807, 2.05) is 26.0 Å². The van der Waals surface area contributed by atoms with Crippen LogP contribution in [0.25, 0.3) is 86.2 Å². The highest BCUT2D eigenvalue weighted by Crippen LogP contribution is 2.52. The van der Waals surface area contributed by atoms with Gasteiger partial charge in [-0.25, -0.2) is 0 Å². The third-order valence-electron chi connectivity index (χ3n) is 10.5. The van der Waals surface area contributed by atoms with Gasteiger partial charge in [-0.05, 0) is 92.0 Å². The molecule has 10 aromatic rings. The number of hydrogen-bond acceptors (Lipinski definition) is 5. The third-order valence-corrected chi connectivity index (χ3v) is 10.5. The Balaban J connectivity index is 1.34. The van der Waals surface area contributed by atoms with Crippen molar-refractivity contribution in [3.05, 3.63) is 109 Å². The van der Waals surface area contributed by atoms with Crippen molar-refractivity contribution in [3.8, 4) is 34.5 Å². The van der Waals surface area contributed by atoms with E-state index in [0.29, 0.717) is 24.7 Å². The normalized spacial score (nSPS) is 12.1. The second-order valence-corrected chi connectivity index (χ2v) is 13.1. The molecule has 0 spiro atoms. The summed E-state index contributed by atoms with van der Waals surface area (Å²) in [5, 5.41) is 17.8. The molecule has 0 fully saturated rings. The van der Waals surface area contributed by atoms with Crippen LogP contribution in [0.3, 0.4) is 0 Å². The quantitative estimate of drug-likeness (QED) is 0.119. The highest BCUT2D eigenvalue weighted by atomic mass is 16.5. The van der Waals surface area contributed by atoms with E-state index in [1.165, 1.54) is 21.5 Å². The largest absolute Gasteiger partial charge is 0.497 e. The molecule has 248 valence electrons. The SMILES string of the molecule is CCOc1cc(Oc2cc(OCC)c3c4cccc5cccc(c6cc(OC)cc2c63)c54)c2cc(OC)cc3c4cccc5cccc(c1c23)c54. The monoisotopic (exact) mass is 666 g/mol. The molecule has 10 aromatic carbocycles. The molecule has 0 saturated carbocycles. The Kier molecular flexibility index (Phi) is 6.50. The fraction of sp³-hybridized carbons (Fsp3) is 0.130. The number of rotatable bonds is 8. The second-order valence-electron chi connectivity index (χ2n) is 13.1. The topological polar surface area (TPSA) is 46.2 Å². The van der Waals surface area contributed by atoms with Gasteiger partial charge in [-0.15, -0.1) is 0 Å². The zero-order valence-corrected chi connectivity index (χ0v) is 28.8. The van der Waals surface area contributed by atoms with E-state index in [-0.39, 0.29) is 0 Å². The van der Waals surface area contributed by atoms with Gasteiger partial charge in [0.15, 0.2) is 0 Å². The van der Waals surface area contributed by atoms with Crippen molar-refractivity contribution in [1.29, 1.82) is 0 Å². The summed E-state index contributed by atoms with van der Waals surface area (Å²) >= 11 is 0. The average molecular weight is 667 g/mol. The number of ether oxygens (including phenoxy) is 5.